The van der Waals surface area contributed by atoms with Crippen molar-refractivity contribution in [1.29, 1.82) is 0 Å². The van der Waals surface area contributed by atoms with Crippen LogP contribution in [0.2, 0.25) is 0 Å². The van der Waals surface area contributed by atoms with Crippen LogP contribution in [0, 0.1) is 11.7 Å². The molecule has 0 aliphatic carbocycles. The number of ketones is 1. The summed E-state index contributed by atoms with van der Waals surface area (Å²) in [5.41, 5.74) is 2.07. The summed E-state index contributed by atoms with van der Waals surface area (Å²) in [6.45, 7) is 0.973. The van der Waals surface area contributed by atoms with Gasteiger partial charge in [0.15, 0.2) is 11.6 Å². The number of hydrogen-bond acceptors (Lipinski definition) is 3. The Morgan fingerprint density at radius 3 is 2.41 bits per heavy atom. The molecular formula is C23H26FNO2. The van der Waals surface area contributed by atoms with Crippen LogP contribution in [0.4, 0.5) is 4.39 Å². The Morgan fingerprint density at radius 2 is 1.78 bits per heavy atom. The summed E-state index contributed by atoms with van der Waals surface area (Å²) in [5.74, 6) is 0.162. The van der Waals surface area contributed by atoms with Gasteiger partial charge in [0.2, 0.25) is 0 Å². The maximum absolute atomic E-state index is 13.9. The van der Waals surface area contributed by atoms with Crippen molar-refractivity contribution >= 4 is 5.78 Å². The fourth-order valence-electron chi connectivity index (χ4n) is 4.75. The fourth-order valence-corrected chi connectivity index (χ4v) is 4.75. The maximum atomic E-state index is 13.9. The molecule has 2 aromatic rings. The minimum Gasteiger partial charge on any atom is -0.494 e. The van der Waals surface area contributed by atoms with Gasteiger partial charge in [-0.15, -0.1) is 0 Å². The second-order valence-corrected chi connectivity index (χ2v) is 7.82. The molecule has 2 heterocycles. The third-order valence-corrected chi connectivity index (χ3v) is 6.14. The molecule has 2 aromatic carbocycles. The molecule has 0 N–H and O–H groups in total. The van der Waals surface area contributed by atoms with Crippen molar-refractivity contribution in [2.24, 2.45) is 5.92 Å². The highest BCUT2D eigenvalue weighted by Crippen LogP contribution is 2.40. The zero-order valence-corrected chi connectivity index (χ0v) is 15.7. The predicted molar refractivity (Wildman–Crippen MR) is 103 cm³/mol. The summed E-state index contributed by atoms with van der Waals surface area (Å²) in [5, 5.41) is 0. The average Bonchev–Trinajstić information content (AvgIpc) is 2.90. The molecule has 0 radical (unpaired) electrons. The van der Waals surface area contributed by atoms with Gasteiger partial charge in [-0.2, -0.15) is 0 Å². The molecule has 0 aromatic heterocycles. The van der Waals surface area contributed by atoms with Gasteiger partial charge in [0.05, 0.1) is 7.11 Å². The van der Waals surface area contributed by atoms with Gasteiger partial charge in [-0.1, -0.05) is 36.4 Å². The van der Waals surface area contributed by atoms with Crippen LogP contribution in [0.3, 0.4) is 0 Å². The number of halogens is 1. The smallest absolute Gasteiger partial charge is 0.165 e. The van der Waals surface area contributed by atoms with E-state index < -0.39 is 5.82 Å². The summed E-state index contributed by atoms with van der Waals surface area (Å²) in [6, 6.07) is 16.4. The second-order valence-electron chi connectivity index (χ2n) is 7.82. The molecule has 0 spiro atoms. The highest BCUT2D eigenvalue weighted by atomic mass is 19.1. The van der Waals surface area contributed by atoms with Crippen molar-refractivity contribution < 1.29 is 13.9 Å². The summed E-state index contributed by atoms with van der Waals surface area (Å²) < 4.78 is 18.8. The standard InChI is InChI=1S/C23H26FNO2/c1-27-23-10-7-17(11-21(23)24)12-22(26)18-13-19-8-9-20(14-18)25(19)15-16-5-3-2-4-6-16/h2-7,10-11,18-20H,8-9,12-15H2,1H3. The first-order valence-corrected chi connectivity index (χ1v) is 9.79. The highest BCUT2D eigenvalue weighted by molar-refractivity contribution is 5.83. The molecule has 142 valence electrons. The second kappa shape index (κ2) is 7.81. The van der Waals surface area contributed by atoms with E-state index in [1.54, 1.807) is 12.1 Å². The lowest BCUT2D eigenvalue weighted by molar-refractivity contribution is -0.124. The molecule has 3 nitrogen and oxygen atoms in total. The maximum Gasteiger partial charge on any atom is 0.165 e. The van der Waals surface area contributed by atoms with Crippen LogP contribution in [0.1, 0.15) is 36.8 Å². The summed E-state index contributed by atoms with van der Waals surface area (Å²) in [7, 11) is 1.45. The lowest BCUT2D eigenvalue weighted by atomic mass is 9.85. The molecular weight excluding hydrogens is 341 g/mol. The van der Waals surface area contributed by atoms with Crippen LogP contribution in [0.25, 0.3) is 0 Å². The zero-order valence-electron chi connectivity index (χ0n) is 15.7. The highest BCUT2D eigenvalue weighted by Gasteiger charge is 2.42. The van der Waals surface area contributed by atoms with Crippen molar-refractivity contribution in [1.82, 2.24) is 4.90 Å². The first-order valence-electron chi connectivity index (χ1n) is 9.79. The molecule has 2 atom stereocenters. The quantitative estimate of drug-likeness (QED) is 0.758. The van der Waals surface area contributed by atoms with Gasteiger partial charge in [-0.3, -0.25) is 9.69 Å². The molecule has 27 heavy (non-hydrogen) atoms. The lowest BCUT2D eigenvalue weighted by Gasteiger charge is -2.38. The van der Waals surface area contributed by atoms with E-state index in [9.17, 15) is 9.18 Å². The van der Waals surface area contributed by atoms with Gasteiger partial charge >= 0.3 is 0 Å². The summed E-state index contributed by atoms with van der Waals surface area (Å²) in [4.78, 5) is 15.4. The number of piperidine rings is 1. The van der Waals surface area contributed by atoms with Crippen molar-refractivity contribution in [2.45, 2.75) is 50.7 Å². The molecule has 2 fully saturated rings. The number of methoxy groups -OCH3 is 1. The topological polar surface area (TPSA) is 29.5 Å². The van der Waals surface area contributed by atoms with Gasteiger partial charge in [-0.25, -0.2) is 4.39 Å². The van der Waals surface area contributed by atoms with E-state index in [1.807, 2.05) is 6.07 Å². The van der Waals surface area contributed by atoms with Crippen LogP contribution >= 0.6 is 0 Å². The normalized spacial score (nSPS) is 24.7. The fraction of sp³-hybridized carbons (Fsp3) is 0.435. The number of rotatable bonds is 6. The van der Waals surface area contributed by atoms with E-state index in [4.69, 9.17) is 4.74 Å². The Kier molecular flexibility index (Phi) is 5.26. The van der Waals surface area contributed by atoms with E-state index >= 15 is 0 Å². The number of Topliss-reactive ketones (excluding diaryl/α,β-unsaturated/α-hetero) is 1. The van der Waals surface area contributed by atoms with Crippen molar-refractivity contribution in [3.63, 3.8) is 0 Å². The Labute approximate surface area is 160 Å². The minimum absolute atomic E-state index is 0.0969. The molecule has 2 aliphatic rings. The average molecular weight is 367 g/mol. The number of nitrogens with zero attached hydrogens (tertiary/aromatic N) is 1. The van der Waals surface area contributed by atoms with Gasteiger partial charge in [-0.05, 0) is 48.9 Å². The van der Waals surface area contributed by atoms with Crippen molar-refractivity contribution in [2.75, 3.05) is 7.11 Å². The van der Waals surface area contributed by atoms with E-state index in [-0.39, 0.29) is 17.5 Å². The number of ether oxygens (including phenoxy) is 1. The van der Waals surface area contributed by atoms with Crippen LogP contribution in [0.5, 0.6) is 5.75 Å². The SMILES string of the molecule is COc1ccc(CC(=O)C2CC3CCC(C2)N3Cc2ccccc2)cc1F. The Bertz CT molecular complexity index is 793. The van der Waals surface area contributed by atoms with Crippen molar-refractivity contribution in [3.05, 3.63) is 65.5 Å². The largest absolute Gasteiger partial charge is 0.494 e. The monoisotopic (exact) mass is 367 g/mol. The van der Waals surface area contributed by atoms with Gasteiger partial charge < -0.3 is 4.74 Å². The Balaban J connectivity index is 1.39. The third-order valence-electron chi connectivity index (χ3n) is 6.14. The number of hydrogen-bond donors (Lipinski definition) is 0. The number of carbonyl (C=O) groups excluding carboxylic acids is 1. The predicted octanol–water partition coefficient (Wildman–Crippen LogP) is 4.39. The summed E-state index contributed by atoms with van der Waals surface area (Å²) >= 11 is 0. The first-order chi connectivity index (χ1) is 13.1. The third kappa shape index (κ3) is 3.91. The van der Waals surface area contributed by atoms with Crippen LogP contribution in [-0.4, -0.2) is 29.9 Å². The van der Waals surface area contributed by atoms with Gasteiger partial charge in [0, 0.05) is 31.0 Å². The van der Waals surface area contributed by atoms with Gasteiger partial charge in [0.1, 0.15) is 5.78 Å². The molecule has 4 rings (SSSR count). The van der Waals surface area contributed by atoms with Crippen molar-refractivity contribution in [3.8, 4) is 5.75 Å². The zero-order chi connectivity index (χ0) is 18.8. The molecule has 2 unspecified atom stereocenters. The minimum atomic E-state index is -0.402. The molecule has 0 saturated carbocycles. The molecule has 4 heteroatoms. The molecule has 0 amide bonds. The van der Waals surface area contributed by atoms with Crippen LogP contribution in [0.15, 0.2) is 48.5 Å². The number of fused-ring (bicyclic) bond motifs is 2. The first kappa shape index (κ1) is 18.2. The molecule has 2 bridgehead atoms. The van der Waals surface area contributed by atoms with E-state index in [0.717, 1.165) is 24.9 Å². The Morgan fingerprint density at radius 1 is 1.07 bits per heavy atom. The van der Waals surface area contributed by atoms with E-state index in [0.29, 0.717) is 18.5 Å². The lowest BCUT2D eigenvalue weighted by Crippen LogP contribution is -2.44. The van der Waals surface area contributed by atoms with E-state index in [2.05, 4.69) is 29.2 Å². The van der Waals surface area contributed by atoms with Crippen LogP contribution in [-0.2, 0) is 17.8 Å². The number of benzene rings is 2. The summed E-state index contributed by atoms with van der Waals surface area (Å²) in [6.07, 6.45) is 4.53. The van der Waals surface area contributed by atoms with Gasteiger partial charge in [0.25, 0.3) is 0 Å². The van der Waals surface area contributed by atoms with Crippen LogP contribution < -0.4 is 4.74 Å². The molecule has 2 saturated heterocycles. The number of carbonyl (C=O) groups is 1. The Hall–Kier alpha value is -2.20. The van der Waals surface area contributed by atoms with E-state index in [1.165, 1.54) is 31.6 Å². The molecule has 2 aliphatic heterocycles.